The Bertz CT molecular complexity index is 1150. The van der Waals surface area contributed by atoms with E-state index in [2.05, 4.69) is 28.9 Å². The van der Waals surface area contributed by atoms with Gasteiger partial charge in [-0.25, -0.2) is 4.39 Å². The molecule has 1 aliphatic rings. The van der Waals surface area contributed by atoms with Crippen molar-refractivity contribution in [1.82, 2.24) is 9.88 Å². The van der Waals surface area contributed by atoms with Crippen LogP contribution in [-0.4, -0.2) is 47.7 Å². The molecule has 3 atom stereocenters. The van der Waals surface area contributed by atoms with E-state index in [1.807, 2.05) is 29.5 Å². The molecule has 1 saturated heterocycles. The standard InChI is InChI=1S/C29H37FN2O3S/c1-20-5-9-24(36-20)4-3-16-32-17-14-21(22(19-32)7-12-29(33)34)6-10-27(30)25-13-15-31-28-11-8-23(35-2)18-26(25)28/h5,8-9,11,13,15,18,21-22,27H,3-4,6-7,10,12,14,16-17,19H2,1-2H3,(H,33,34)/t21-,22+,27?/m1/s1. The van der Waals surface area contributed by atoms with Gasteiger partial charge < -0.3 is 14.7 Å². The number of alkyl halides is 1. The smallest absolute Gasteiger partial charge is 0.303 e. The fourth-order valence-electron chi connectivity index (χ4n) is 5.53. The highest BCUT2D eigenvalue weighted by Gasteiger charge is 2.30. The molecule has 0 saturated carbocycles. The zero-order valence-corrected chi connectivity index (χ0v) is 22.1. The molecule has 2 aromatic heterocycles. The summed E-state index contributed by atoms with van der Waals surface area (Å²) in [6.45, 7) is 5.09. The molecule has 0 bridgehead atoms. The van der Waals surface area contributed by atoms with Gasteiger partial charge in [0.2, 0.25) is 0 Å². The van der Waals surface area contributed by atoms with Gasteiger partial charge in [-0.3, -0.25) is 9.78 Å². The molecule has 3 aromatic rings. The summed E-state index contributed by atoms with van der Waals surface area (Å²) in [4.78, 5) is 20.9. The van der Waals surface area contributed by atoms with Crippen LogP contribution in [0, 0.1) is 18.8 Å². The van der Waals surface area contributed by atoms with Gasteiger partial charge in [0.1, 0.15) is 11.9 Å². The minimum atomic E-state index is -1.09. The topological polar surface area (TPSA) is 62.7 Å². The normalized spacial score (nSPS) is 19.4. The first-order valence-electron chi connectivity index (χ1n) is 13.0. The molecule has 0 radical (unpaired) electrons. The number of aliphatic carboxylic acids is 1. The fourth-order valence-corrected chi connectivity index (χ4v) is 6.47. The van der Waals surface area contributed by atoms with Crippen molar-refractivity contribution in [3.8, 4) is 5.75 Å². The maximum atomic E-state index is 15.5. The van der Waals surface area contributed by atoms with Crippen molar-refractivity contribution in [2.45, 2.75) is 58.0 Å². The number of pyridine rings is 1. The number of piperidine rings is 1. The van der Waals surface area contributed by atoms with E-state index in [0.717, 1.165) is 56.2 Å². The van der Waals surface area contributed by atoms with Crippen LogP contribution in [0.25, 0.3) is 10.9 Å². The second-order valence-electron chi connectivity index (χ2n) is 9.99. The summed E-state index contributed by atoms with van der Waals surface area (Å²) in [5, 5.41) is 10.1. The third-order valence-corrected chi connectivity index (χ3v) is 8.57. The summed E-state index contributed by atoms with van der Waals surface area (Å²) in [6, 6.07) is 11.7. The third-order valence-electron chi connectivity index (χ3n) is 7.51. The molecule has 36 heavy (non-hydrogen) atoms. The highest BCUT2D eigenvalue weighted by Crippen LogP contribution is 2.36. The Labute approximate surface area is 217 Å². The number of benzene rings is 1. The van der Waals surface area contributed by atoms with Gasteiger partial charge >= 0.3 is 5.97 Å². The van der Waals surface area contributed by atoms with Crippen LogP contribution < -0.4 is 4.74 Å². The predicted molar refractivity (Wildman–Crippen MR) is 144 cm³/mol. The van der Waals surface area contributed by atoms with Crippen LogP contribution in [0.3, 0.4) is 0 Å². The Morgan fingerprint density at radius 3 is 2.86 bits per heavy atom. The molecule has 1 fully saturated rings. The first-order chi connectivity index (χ1) is 17.4. The van der Waals surface area contributed by atoms with Crippen molar-refractivity contribution in [3.63, 3.8) is 0 Å². The lowest BCUT2D eigenvalue weighted by molar-refractivity contribution is -0.137. The minimum absolute atomic E-state index is 0.178. The van der Waals surface area contributed by atoms with Crippen molar-refractivity contribution < 1.29 is 19.0 Å². The molecule has 3 heterocycles. The van der Waals surface area contributed by atoms with Crippen LogP contribution in [0.15, 0.2) is 42.6 Å². The van der Waals surface area contributed by atoms with Crippen molar-refractivity contribution in [2.24, 2.45) is 11.8 Å². The number of fused-ring (bicyclic) bond motifs is 1. The first kappa shape index (κ1) is 26.6. The Balaban J connectivity index is 1.35. The molecule has 0 spiro atoms. The van der Waals surface area contributed by atoms with Gasteiger partial charge in [0.05, 0.1) is 12.6 Å². The van der Waals surface area contributed by atoms with Crippen LogP contribution in [0.2, 0.25) is 0 Å². The molecule has 1 aliphatic heterocycles. The number of carbonyl (C=O) groups is 1. The molecule has 0 amide bonds. The third kappa shape index (κ3) is 7.04. The molecular weight excluding hydrogens is 475 g/mol. The lowest BCUT2D eigenvalue weighted by Gasteiger charge is -2.39. The summed E-state index contributed by atoms with van der Waals surface area (Å²) in [7, 11) is 1.61. The van der Waals surface area contributed by atoms with E-state index in [4.69, 9.17) is 4.74 Å². The van der Waals surface area contributed by atoms with E-state index in [9.17, 15) is 9.90 Å². The van der Waals surface area contributed by atoms with Crippen LogP contribution >= 0.6 is 11.3 Å². The van der Waals surface area contributed by atoms with E-state index in [1.54, 1.807) is 19.4 Å². The molecule has 0 aliphatic carbocycles. The first-order valence-corrected chi connectivity index (χ1v) is 13.8. The van der Waals surface area contributed by atoms with E-state index in [1.165, 1.54) is 9.75 Å². The van der Waals surface area contributed by atoms with Crippen LogP contribution in [0.1, 0.15) is 60.0 Å². The number of aryl methyl sites for hydroxylation is 2. The minimum Gasteiger partial charge on any atom is -0.497 e. The number of carboxylic acids is 1. The van der Waals surface area contributed by atoms with Gasteiger partial charge in [0.25, 0.3) is 0 Å². The average molecular weight is 513 g/mol. The SMILES string of the molecule is COc1ccc2nccc(C(F)CC[C@@H]3CCN(CCCc4ccc(C)s4)C[C@@H]3CCC(=O)O)c2c1. The molecule has 1 aromatic carbocycles. The van der Waals surface area contributed by atoms with E-state index < -0.39 is 12.1 Å². The summed E-state index contributed by atoms with van der Waals surface area (Å²) < 4.78 is 20.9. The zero-order chi connectivity index (χ0) is 25.5. The molecule has 1 unspecified atom stereocenters. The fraction of sp³-hybridized carbons (Fsp3) is 0.517. The number of ether oxygens (including phenoxy) is 1. The zero-order valence-electron chi connectivity index (χ0n) is 21.3. The van der Waals surface area contributed by atoms with Crippen molar-refractivity contribution >= 4 is 28.2 Å². The van der Waals surface area contributed by atoms with Crippen molar-refractivity contribution in [3.05, 3.63) is 57.9 Å². The van der Waals surface area contributed by atoms with Crippen molar-refractivity contribution in [1.29, 1.82) is 0 Å². The number of halogens is 1. The van der Waals surface area contributed by atoms with E-state index >= 15 is 4.39 Å². The highest BCUT2D eigenvalue weighted by atomic mass is 32.1. The molecule has 5 nitrogen and oxygen atoms in total. The lowest BCUT2D eigenvalue weighted by atomic mass is 9.79. The second kappa shape index (κ2) is 12.6. The quantitative estimate of drug-likeness (QED) is 0.288. The average Bonchev–Trinajstić information content (AvgIpc) is 3.30. The summed E-state index contributed by atoms with van der Waals surface area (Å²) in [5.41, 5.74) is 1.42. The number of aromatic nitrogens is 1. The number of carboxylic acid groups (broad SMARTS) is 1. The van der Waals surface area contributed by atoms with Gasteiger partial charge in [0.15, 0.2) is 0 Å². The number of likely N-dealkylation sites (tertiary alicyclic amines) is 1. The van der Waals surface area contributed by atoms with Crippen LogP contribution in [0.4, 0.5) is 4.39 Å². The molecular formula is C29H37FN2O3S. The van der Waals surface area contributed by atoms with Crippen LogP contribution in [-0.2, 0) is 11.2 Å². The molecule has 194 valence electrons. The Hall–Kier alpha value is -2.51. The predicted octanol–water partition coefficient (Wildman–Crippen LogP) is 6.84. The Kier molecular flexibility index (Phi) is 9.32. The number of thiophene rings is 1. The van der Waals surface area contributed by atoms with Gasteiger partial charge in [-0.05, 0) is 112 Å². The Morgan fingerprint density at radius 1 is 1.25 bits per heavy atom. The van der Waals surface area contributed by atoms with Gasteiger partial charge in [-0.15, -0.1) is 11.3 Å². The lowest BCUT2D eigenvalue weighted by Crippen LogP contribution is -2.41. The van der Waals surface area contributed by atoms with Crippen LogP contribution in [0.5, 0.6) is 5.75 Å². The number of hydrogen-bond acceptors (Lipinski definition) is 5. The molecule has 7 heteroatoms. The van der Waals surface area contributed by atoms with Gasteiger partial charge in [-0.1, -0.05) is 0 Å². The second-order valence-corrected chi connectivity index (χ2v) is 11.4. The monoisotopic (exact) mass is 512 g/mol. The largest absolute Gasteiger partial charge is 0.497 e. The summed E-state index contributed by atoms with van der Waals surface area (Å²) in [5.74, 6) is 0.584. The number of methoxy groups -OCH3 is 1. The highest BCUT2D eigenvalue weighted by molar-refractivity contribution is 7.11. The number of hydrogen-bond donors (Lipinski definition) is 1. The van der Waals surface area contributed by atoms with Gasteiger partial charge in [0, 0.05) is 34.3 Å². The Morgan fingerprint density at radius 2 is 2.11 bits per heavy atom. The van der Waals surface area contributed by atoms with Crippen molar-refractivity contribution in [2.75, 3.05) is 26.7 Å². The maximum absolute atomic E-state index is 15.5. The van der Waals surface area contributed by atoms with Gasteiger partial charge in [-0.2, -0.15) is 0 Å². The summed E-state index contributed by atoms with van der Waals surface area (Å²) >= 11 is 1.87. The number of rotatable bonds is 12. The maximum Gasteiger partial charge on any atom is 0.303 e. The van der Waals surface area contributed by atoms with E-state index in [-0.39, 0.29) is 6.42 Å². The molecule has 1 N–H and O–H groups in total. The molecule has 4 rings (SSSR count). The summed E-state index contributed by atoms with van der Waals surface area (Å²) in [6.07, 6.45) is 5.82. The number of nitrogens with zero attached hydrogens (tertiary/aromatic N) is 2. The van der Waals surface area contributed by atoms with E-state index in [0.29, 0.717) is 36.0 Å².